The average molecular weight is 280 g/mol. The number of carbonyl (C=O) groups excluding carboxylic acids is 1. The van der Waals surface area contributed by atoms with Crippen LogP contribution in [0.25, 0.3) is 0 Å². The van der Waals surface area contributed by atoms with Gasteiger partial charge in [0.25, 0.3) is 0 Å². The van der Waals surface area contributed by atoms with Crippen molar-refractivity contribution < 1.29 is 13.9 Å². The fraction of sp³-hybridized carbons (Fsp3) is 0.533. The Hall–Kier alpha value is -1.78. The molecule has 20 heavy (non-hydrogen) atoms. The molecule has 0 spiro atoms. The fourth-order valence-corrected chi connectivity index (χ4v) is 2.25. The third kappa shape index (κ3) is 3.03. The number of esters is 1. The van der Waals surface area contributed by atoms with Gasteiger partial charge in [0.1, 0.15) is 5.82 Å². The number of nitrogens with zero attached hydrogens (tertiary/aromatic N) is 1. The molecular formula is C15H21FN2O2. The van der Waals surface area contributed by atoms with Gasteiger partial charge in [-0.3, -0.25) is 0 Å². The number of hydrogen-bond acceptors (Lipinski definition) is 4. The molecule has 0 heterocycles. The van der Waals surface area contributed by atoms with Crippen LogP contribution in [0, 0.1) is 11.7 Å². The highest BCUT2D eigenvalue weighted by atomic mass is 19.1. The van der Waals surface area contributed by atoms with Crippen molar-refractivity contribution in [1.82, 2.24) is 0 Å². The molecule has 0 aliphatic heterocycles. The van der Waals surface area contributed by atoms with Crippen LogP contribution in [0.5, 0.6) is 0 Å². The van der Waals surface area contributed by atoms with Gasteiger partial charge in [0.15, 0.2) is 0 Å². The van der Waals surface area contributed by atoms with Crippen LogP contribution >= 0.6 is 0 Å². The van der Waals surface area contributed by atoms with Crippen molar-refractivity contribution in [2.24, 2.45) is 5.92 Å². The van der Waals surface area contributed by atoms with Gasteiger partial charge in [0.05, 0.1) is 18.4 Å². The monoisotopic (exact) mass is 280 g/mol. The molecule has 0 unspecified atom stereocenters. The molecule has 0 atom stereocenters. The number of anilines is 2. The van der Waals surface area contributed by atoms with Gasteiger partial charge in [-0.2, -0.15) is 0 Å². The first-order chi connectivity index (χ1) is 9.43. The standard InChI is InChI=1S/C15H21FN2O2/c1-9(2)18(8-10-4-5-10)14-6-11(15(19)20-3)13(17)7-12(14)16/h6-7,9-10H,4-5,8,17H2,1-3H3. The van der Waals surface area contributed by atoms with E-state index in [0.717, 1.165) is 6.54 Å². The van der Waals surface area contributed by atoms with Crippen LogP contribution in [0.1, 0.15) is 37.0 Å². The van der Waals surface area contributed by atoms with Crippen molar-refractivity contribution in [1.29, 1.82) is 0 Å². The van der Waals surface area contributed by atoms with Crippen molar-refractivity contribution in [3.8, 4) is 0 Å². The van der Waals surface area contributed by atoms with Crippen LogP contribution in [0.4, 0.5) is 15.8 Å². The van der Waals surface area contributed by atoms with Crippen molar-refractivity contribution in [2.75, 3.05) is 24.3 Å². The molecule has 5 heteroatoms. The van der Waals surface area contributed by atoms with Crippen molar-refractivity contribution in [2.45, 2.75) is 32.7 Å². The number of nitrogen functional groups attached to an aromatic ring is 1. The first kappa shape index (κ1) is 14.6. The van der Waals surface area contributed by atoms with E-state index in [0.29, 0.717) is 11.6 Å². The normalized spacial score (nSPS) is 14.4. The molecule has 1 saturated carbocycles. The summed E-state index contributed by atoms with van der Waals surface area (Å²) in [6, 6.07) is 2.85. The zero-order valence-corrected chi connectivity index (χ0v) is 12.1. The number of hydrogen-bond donors (Lipinski definition) is 1. The molecule has 4 nitrogen and oxygen atoms in total. The third-order valence-electron chi connectivity index (χ3n) is 3.61. The molecule has 0 aromatic heterocycles. The summed E-state index contributed by atoms with van der Waals surface area (Å²) in [5, 5.41) is 0. The lowest BCUT2D eigenvalue weighted by atomic mass is 10.1. The predicted octanol–water partition coefficient (Wildman–Crippen LogP) is 2.82. The molecule has 0 amide bonds. The molecule has 1 fully saturated rings. The number of nitrogens with two attached hydrogens (primary N) is 1. The molecule has 2 rings (SSSR count). The summed E-state index contributed by atoms with van der Waals surface area (Å²) in [5.41, 5.74) is 6.43. The second-order valence-electron chi connectivity index (χ2n) is 5.57. The van der Waals surface area contributed by atoms with Gasteiger partial charge in [-0.15, -0.1) is 0 Å². The number of rotatable bonds is 5. The summed E-state index contributed by atoms with van der Waals surface area (Å²) in [7, 11) is 1.29. The molecule has 1 aliphatic carbocycles. The van der Waals surface area contributed by atoms with Crippen LogP contribution in [-0.2, 0) is 4.74 Å². The zero-order chi connectivity index (χ0) is 14.9. The molecule has 0 bridgehead atoms. The van der Waals surface area contributed by atoms with Crippen LogP contribution in [0.15, 0.2) is 12.1 Å². The predicted molar refractivity (Wildman–Crippen MR) is 77.4 cm³/mol. The minimum atomic E-state index is -0.543. The largest absolute Gasteiger partial charge is 0.465 e. The van der Waals surface area contributed by atoms with E-state index < -0.39 is 11.8 Å². The van der Waals surface area contributed by atoms with Crippen LogP contribution < -0.4 is 10.6 Å². The maximum Gasteiger partial charge on any atom is 0.340 e. The summed E-state index contributed by atoms with van der Waals surface area (Å²) >= 11 is 0. The summed E-state index contributed by atoms with van der Waals surface area (Å²) in [4.78, 5) is 13.7. The highest BCUT2D eigenvalue weighted by Crippen LogP contribution is 2.34. The Morgan fingerprint density at radius 2 is 2.15 bits per heavy atom. The molecule has 1 aromatic carbocycles. The highest BCUT2D eigenvalue weighted by Gasteiger charge is 2.28. The van der Waals surface area contributed by atoms with Gasteiger partial charge in [-0.05, 0) is 44.7 Å². The minimum Gasteiger partial charge on any atom is -0.465 e. The fourth-order valence-electron chi connectivity index (χ4n) is 2.25. The summed E-state index contributed by atoms with van der Waals surface area (Å²) in [6.07, 6.45) is 2.37. The van der Waals surface area contributed by atoms with E-state index in [4.69, 9.17) is 5.73 Å². The number of carbonyl (C=O) groups is 1. The Morgan fingerprint density at radius 1 is 1.50 bits per heavy atom. The van der Waals surface area contributed by atoms with E-state index in [1.165, 1.54) is 32.1 Å². The van der Waals surface area contributed by atoms with Crippen molar-refractivity contribution in [3.63, 3.8) is 0 Å². The molecule has 110 valence electrons. The maximum atomic E-state index is 14.2. The first-order valence-electron chi connectivity index (χ1n) is 6.88. The minimum absolute atomic E-state index is 0.105. The molecule has 1 aliphatic rings. The SMILES string of the molecule is COC(=O)c1cc(N(CC2CC2)C(C)C)c(F)cc1N. The Labute approximate surface area is 118 Å². The van der Waals surface area contributed by atoms with E-state index >= 15 is 0 Å². The van der Waals surface area contributed by atoms with Crippen LogP contribution in [0.2, 0.25) is 0 Å². The van der Waals surface area contributed by atoms with Gasteiger partial charge in [-0.1, -0.05) is 0 Å². The molecule has 2 N–H and O–H groups in total. The Bertz CT molecular complexity index is 513. The third-order valence-corrected chi connectivity index (χ3v) is 3.61. The Balaban J connectivity index is 2.39. The summed E-state index contributed by atoms with van der Waals surface area (Å²) in [5.74, 6) is -0.320. The van der Waals surface area contributed by atoms with Crippen LogP contribution in [-0.4, -0.2) is 25.7 Å². The molecular weight excluding hydrogens is 259 g/mol. The number of ether oxygens (including phenoxy) is 1. The van der Waals surface area contributed by atoms with E-state index in [1.807, 2.05) is 18.7 Å². The number of benzene rings is 1. The lowest BCUT2D eigenvalue weighted by molar-refractivity contribution is 0.0602. The molecule has 0 saturated heterocycles. The van der Waals surface area contributed by atoms with Crippen molar-refractivity contribution in [3.05, 3.63) is 23.5 Å². The quantitative estimate of drug-likeness (QED) is 0.665. The van der Waals surface area contributed by atoms with Gasteiger partial charge in [-0.25, -0.2) is 9.18 Å². The Kier molecular flexibility index (Phi) is 4.16. The summed E-state index contributed by atoms with van der Waals surface area (Å²) in [6.45, 7) is 4.82. The number of methoxy groups -OCH3 is 1. The van der Waals surface area contributed by atoms with E-state index in [2.05, 4.69) is 4.74 Å². The second kappa shape index (κ2) is 5.69. The average Bonchev–Trinajstić information content (AvgIpc) is 3.19. The van der Waals surface area contributed by atoms with Crippen molar-refractivity contribution >= 4 is 17.3 Å². The van der Waals surface area contributed by atoms with E-state index in [1.54, 1.807) is 0 Å². The smallest absolute Gasteiger partial charge is 0.340 e. The lowest BCUT2D eigenvalue weighted by Crippen LogP contribution is -2.33. The second-order valence-corrected chi connectivity index (χ2v) is 5.57. The van der Waals surface area contributed by atoms with Crippen LogP contribution in [0.3, 0.4) is 0 Å². The van der Waals surface area contributed by atoms with E-state index in [-0.39, 0.29) is 17.3 Å². The van der Waals surface area contributed by atoms with E-state index in [9.17, 15) is 9.18 Å². The van der Waals surface area contributed by atoms with Gasteiger partial charge >= 0.3 is 5.97 Å². The van der Waals surface area contributed by atoms with Gasteiger partial charge in [0, 0.05) is 18.3 Å². The first-order valence-corrected chi connectivity index (χ1v) is 6.88. The van der Waals surface area contributed by atoms with Gasteiger partial charge < -0.3 is 15.4 Å². The lowest BCUT2D eigenvalue weighted by Gasteiger charge is -2.30. The Morgan fingerprint density at radius 3 is 2.65 bits per heavy atom. The zero-order valence-electron chi connectivity index (χ0n) is 12.1. The van der Waals surface area contributed by atoms with Gasteiger partial charge in [0.2, 0.25) is 0 Å². The number of halogens is 1. The maximum absolute atomic E-state index is 14.2. The topological polar surface area (TPSA) is 55.6 Å². The molecule has 0 radical (unpaired) electrons. The molecule has 1 aromatic rings. The summed E-state index contributed by atoms with van der Waals surface area (Å²) < 4.78 is 18.9. The highest BCUT2D eigenvalue weighted by molar-refractivity contribution is 5.96.